The van der Waals surface area contributed by atoms with Crippen LogP contribution in [0.25, 0.3) is 0 Å². The van der Waals surface area contributed by atoms with Crippen LogP contribution in [-0.2, 0) is 0 Å². The maximum Gasteiger partial charge on any atom is 0.127 e. The first kappa shape index (κ1) is 7.79. The molecular formula is C9H8FO. The highest BCUT2D eigenvalue weighted by atomic mass is 19.1. The van der Waals surface area contributed by atoms with Crippen molar-refractivity contribution in [1.29, 1.82) is 0 Å². The molecule has 2 heteroatoms. The maximum atomic E-state index is 12.3. The number of hydrogen-bond acceptors (Lipinski definition) is 1. The Labute approximate surface area is 65.1 Å². The van der Waals surface area contributed by atoms with Crippen molar-refractivity contribution in [2.24, 2.45) is 0 Å². The fourth-order valence-electron chi connectivity index (χ4n) is 0.630. The van der Waals surface area contributed by atoms with E-state index in [2.05, 4.69) is 12.6 Å². The fraction of sp³-hybridized carbons (Fsp3) is 0.111. The predicted molar refractivity (Wildman–Crippen MR) is 40.9 cm³/mol. The Morgan fingerprint density at radius 3 is 3.00 bits per heavy atom. The molecule has 57 valence electrons. The summed E-state index contributed by atoms with van der Waals surface area (Å²) in [5, 5.41) is 0. The highest BCUT2D eigenvalue weighted by Crippen LogP contribution is 2.09. The van der Waals surface area contributed by atoms with Crippen molar-refractivity contribution in [3.05, 3.63) is 42.7 Å². The third kappa shape index (κ3) is 2.42. The van der Waals surface area contributed by atoms with Crippen LogP contribution in [0.1, 0.15) is 0 Å². The van der Waals surface area contributed by atoms with E-state index in [1.807, 2.05) is 0 Å². The minimum atomic E-state index is -0.309. The molecular weight excluding hydrogens is 143 g/mol. The van der Waals surface area contributed by atoms with Gasteiger partial charge in [-0.3, -0.25) is 0 Å². The standard InChI is InChI=1S/C9H8FO/c1-2-7-11-9-5-3-8(10)4-6-9/h2-5H,1,7H2. The average molecular weight is 151 g/mol. The van der Waals surface area contributed by atoms with E-state index < -0.39 is 0 Å². The molecule has 1 aromatic rings. The second kappa shape index (κ2) is 3.76. The molecule has 1 aromatic carbocycles. The van der Waals surface area contributed by atoms with Gasteiger partial charge in [0.05, 0.1) is 0 Å². The van der Waals surface area contributed by atoms with Crippen molar-refractivity contribution in [1.82, 2.24) is 0 Å². The van der Waals surface area contributed by atoms with E-state index in [1.54, 1.807) is 6.08 Å². The van der Waals surface area contributed by atoms with Crippen LogP contribution in [0.4, 0.5) is 4.39 Å². The number of hydrogen-bond donors (Lipinski definition) is 0. The first-order chi connectivity index (χ1) is 5.33. The van der Waals surface area contributed by atoms with E-state index in [0.29, 0.717) is 12.4 Å². The van der Waals surface area contributed by atoms with Crippen molar-refractivity contribution in [3.63, 3.8) is 0 Å². The van der Waals surface area contributed by atoms with Crippen LogP contribution in [0.15, 0.2) is 30.9 Å². The number of benzene rings is 1. The van der Waals surface area contributed by atoms with Crippen LogP contribution in [-0.4, -0.2) is 6.61 Å². The second-order valence-corrected chi connectivity index (χ2v) is 1.97. The maximum absolute atomic E-state index is 12.3. The molecule has 1 radical (unpaired) electrons. The van der Waals surface area contributed by atoms with Crippen molar-refractivity contribution >= 4 is 0 Å². The van der Waals surface area contributed by atoms with Gasteiger partial charge in [0.1, 0.15) is 18.2 Å². The first-order valence-corrected chi connectivity index (χ1v) is 3.24. The normalized spacial score (nSPS) is 9.18. The molecule has 0 unspecified atom stereocenters. The molecule has 11 heavy (non-hydrogen) atoms. The summed E-state index contributed by atoms with van der Waals surface area (Å²) < 4.78 is 17.4. The zero-order chi connectivity index (χ0) is 8.10. The summed E-state index contributed by atoms with van der Waals surface area (Å²) in [5.74, 6) is 0.224. The number of rotatable bonds is 3. The van der Waals surface area contributed by atoms with Gasteiger partial charge in [0, 0.05) is 6.07 Å². The fourth-order valence-corrected chi connectivity index (χ4v) is 0.630. The van der Waals surface area contributed by atoms with Gasteiger partial charge < -0.3 is 4.74 Å². The van der Waals surface area contributed by atoms with Gasteiger partial charge in [-0.2, -0.15) is 0 Å². The van der Waals surface area contributed by atoms with Gasteiger partial charge in [-0.1, -0.05) is 12.7 Å². The van der Waals surface area contributed by atoms with Gasteiger partial charge in [0.2, 0.25) is 0 Å². The third-order valence-corrected chi connectivity index (χ3v) is 1.10. The molecule has 0 aromatic heterocycles. The van der Waals surface area contributed by atoms with Crippen molar-refractivity contribution in [2.45, 2.75) is 0 Å². The smallest absolute Gasteiger partial charge is 0.127 e. The first-order valence-electron chi connectivity index (χ1n) is 3.24. The van der Waals surface area contributed by atoms with Gasteiger partial charge in [-0.25, -0.2) is 4.39 Å². The zero-order valence-electron chi connectivity index (χ0n) is 6.01. The van der Waals surface area contributed by atoms with Gasteiger partial charge in [0.15, 0.2) is 0 Å². The van der Waals surface area contributed by atoms with E-state index in [1.165, 1.54) is 18.2 Å². The molecule has 0 aliphatic carbocycles. The van der Waals surface area contributed by atoms with Gasteiger partial charge in [-0.05, 0) is 18.2 Å². The van der Waals surface area contributed by atoms with E-state index in [4.69, 9.17) is 4.74 Å². The summed E-state index contributed by atoms with van der Waals surface area (Å²) in [4.78, 5) is 0. The lowest BCUT2D eigenvalue weighted by molar-refractivity contribution is 0.361. The van der Waals surface area contributed by atoms with Crippen molar-refractivity contribution < 1.29 is 9.13 Å². The average Bonchev–Trinajstić information content (AvgIpc) is 2.04. The van der Waals surface area contributed by atoms with Crippen LogP contribution < -0.4 is 4.74 Å². The molecule has 0 spiro atoms. The summed E-state index contributed by atoms with van der Waals surface area (Å²) in [6.45, 7) is 3.90. The van der Waals surface area contributed by atoms with E-state index in [-0.39, 0.29) is 5.82 Å². The molecule has 0 aliphatic rings. The molecule has 0 bridgehead atoms. The molecule has 0 heterocycles. The van der Waals surface area contributed by atoms with E-state index in [0.717, 1.165) is 0 Å². The Morgan fingerprint density at radius 2 is 2.45 bits per heavy atom. The molecule has 0 atom stereocenters. The van der Waals surface area contributed by atoms with Gasteiger partial charge in [-0.15, -0.1) is 0 Å². The largest absolute Gasteiger partial charge is 0.489 e. The number of ether oxygens (including phenoxy) is 1. The molecule has 0 saturated heterocycles. The lowest BCUT2D eigenvalue weighted by Crippen LogP contribution is -1.92. The molecule has 1 rings (SSSR count). The Bertz CT molecular complexity index is 228. The zero-order valence-corrected chi connectivity index (χ0v) is 6.01. The molecule has 0 saturated carbocycles. The second-order valence-electron chi connectivity index (χ2n) is 1.97. The van der Waals surface area contributed by atoms with E-state index in [9.17, 15) is 4.39 Å². The quantitative estimate of drug-likeness (QED) is 0.601. The Kier molecular flexibility index (Phi) is 2.66. The Morgan fingerprint density at radius 1 is 1.64 bits per heavy atom. The molecule has 1 nitrogen and oxygen atoms in total. The van der Waals surface area contributed by atoms with Gasteiger partial charge in [0.25, 0.3) is 0 Å². The lowest BCUT2D eigenvalue weighted by atomic mass is 10.3. The monoisotopic (exact) mass is 151 g/mol. The SMILES string of the molecule is C=CCOc1[c]cc(F)cc1. The summed E-state index contributed by atoms with van der Waals surface area (Å²) in [5.41, 5.74) is 0. The van der Waals surface area contributed by atoms with E-state index >= 15 is 0 Å². The molecule has 0 amide bonds. The lowest BCUT2D eigenvalue weighted by Gasteiger charge is -2.00. The highest BCUT2D eigenvalue weighted by molar-refractivity contribution is 5.20. The van der Waals surface area contributed by atoms with Crippen molar-refractivity contribution in [3.8, 4) is 5.75 Å². The summed E-state index contributed by atoms with van der Waals surface area (Å²) in [7, 11) is 0. The molecule has 0 aliphatic heterocycles. The Hall–Kier alpha value is -1.31. The summed E-state index contributed by atoms with van der Waals surface area (Å²) in [6.07, 6.45) is 1.62. The topological polar surface area (TPSA) is 9.23 Å². The van der Waals surface area contributed by atoms with Gasteiger partial charge >= 0.3 is 0 Å². The van der Waals surface area contributed by atoms with Crippen LogP contribution in [0.3, 0.4) is 0 Å². The van der Waals surface area contributed by atoms with Crippen LogP contribution >= 0.6 is 0 Å². The van der Waals surface area contributed by atoms with Crippen LogP contribution in [0.5, 0.6) is 5.75 Å². The summed E-state index contributed by atoms with van der Waals surface area (Å²) >= 11 is 0. The minimum absolute atomic E-state index is 0.309. The van der Waals surface area contributed by atoms with Crippen molar-refractivity contribution in [2.75, 3.05) is 6.61 Å². The minimum Gasteiger partial charge on any atom is -0.489 e. The Balaban J connectivity index is 2.58. The molecule has 0 N–H and O–H groups in total. The third-order valence-electron chi connectivity index (χ3n) is 1.10. The van der Waals surface area contributed by atoms with Crippen LogP contribution in [0.2, 0.25) is 0 Å². The van der Waals surface area contributed by atoms with Crippen LogP contribution in [0, 0.1) is 11.9 Å². The predicted octanol–water partition coefficient (Wildman–Crippen LogP) is 2.19. The summed E-state index contributed by atoms with van der Waals surface area (Å²) in [6, 6.07) is 6.72. The highest BCUT2D eigenvalue weighted by Gasteiger charge is 1.91. The molecule has 0 fully saturated rings. The number of halogens is 1.